The number of fused-ring (bicyclic) bond motifs is 1. The second-order valence-corrected chi connectivity index (χ2v) is 8.80. The van der Waals surface area contributed by atoms with Crippen molar-refractivity contribution in [2.75, 3.05) is 11.9 Å². The number of benzene rings is 1. The van der Waals surface area contributed by atoms with Gasteiger partial charge in [-0.15, -0.1) is 0 Å². The molecule has 1 saturated heterocycles. The maximum Gasteiger partial charge on any atom is 0.419 e. The van der Waals surface area contributed by atoms with Gasteiger partial charge in [-0.25, -0.2) is 9.97 Å². The first-order valence-corrected chi connectivity index (χ1v) is 11.0. The highest BCUT2D eigenvalue weighted by atomic mass is 19.4. The third-order valence-electron chi connectivity index (χ3n) is 6.78. The van der Waals surface area contributed by atoms with Crippen LogP contribution in [0.1, 0.15) is 50.5 Å². The van der Waals surface area contributed by atoms with Crippen molar-refractivity contribution in [2.45, 2.75) is 62.7 Å². The molecule has 8 heteroatoms. The molecule has 0 radical (unpaired) electrons. The normalized spacial score (nSPS) is 21.5. The average molecular weight is 429 g/mol. The van der Waals surface area contributed by atoms with Crippen LogP contribution in [0.25, 0.3) is 22.2 Å². The summed E-state index contributed by atoms with van der Waals surface area (Å²) >= 11 is 0. The van der Waals surface area contributed by atoms with Crippen LogP contribution < -0.4 is 10.6 Å². The lowest BCUT2D eigenvalue weighted by Gasteiger charge is -2.44. The predicted octanol–water partition coefficient (Wildman–Crippen LogP) is 5.51. The van der Waals surface area contributed by atoms with Gasteiger partial charge in [0.2, 0.25) is 5.95 Å². The lowest BCUT2D eigenvalue weighted by molar-refractivity contribution is -0.137. The van der Waals surface area contributed by atoms with E-state index in [2.05, 4.69) is 25.6 Å². The Labute approximate surface area is 178 Å². The van der Waals surface area contributed by atoms with E-state index in [9.17, 15) is 13.2 Å². The maximum atomic E-state index is 13.7. The Hall–Kier alpha value is -2.61. The van der Waals surface area contributed by atoms with Crippen LogP contribution in [0, 0.1) is 0 Å². The largest absolute Gasteiger partial charge is 0.419 e. The number of nitrogens with one attached hydrogen (secondary N) is 3. The highest BCUT2D eigenvalue weighted by Crippen LogP contribution is 2.39. The fourth-order valence-corrected chi connectivity index (χ4v) is 5.07. The summed E-state index contributed by atoms with van der Waals surface area (Å²) in [6.45, 7) is 0.771. The molecule has 1 aromatic carbocycles. The zero-order chi connectivity index (χ0) is 21.5. The summed E-state index contributed by atoms with van der Waals surface area (Å²) in [6, 6.07) is 7.38. The van der Waals surface area contributed by atoms with Crippen molar-refractivity contribution in [3.05, 3.63) is 42.2 Å². The summed E-state index contributed by atoms with van der Waals surface area (Å²) in [5.41, 5.74) is 0.511. The number of halogens is 3. The summed E-state index contributed by atoms with van der Waals surface area (Å²) in [5, 5.41) is 7.68. The fraction of sp³-hybridized carbons (Fsp3) is 0.478. The summed E-state index contributed by atoms with van der Waals surface area (Å²) in [7, 11) is 0. The van der Waals surface area contributed by atoms with Crippen LogP contribution in [0.4, 0.5) is 19.1 Å². The van der Waals surface area contributed by atoms with Crippen molar-refractivity contribution >= 4 is 16.9 Å². The molecule has 164 valence electrons. The van der Waals surface area contributed by atoms with E-state index in [1.807, 2.05) is 18.2 Å². The van der Waals surface area contributed by atoms with E-state index in [1.165, 1.54) is 32.1 Å². The minimum absolute atomic E-state index is 0.0973. The molecule has 0 bridgehead atoms. The Bertz CT molecular complexity index is 1060. The number of anilines is 1. The molecule has 3 aromatic rings. The molecule has 3 N–H and O–H groups in total. The molecule has 1 atom stereocenters. The second kappa shape index (κ2) is 7.82. The summed E-state index contributed by atoms with van der Waals surface area (Å²) in [5.74, 6) is 0.236. The molecule has 0 unspecified atom stereocenters. The Morgan fingerprint density at radius 3 is 2.61 bits per heavy atom. The smallest absolute Gasteiger partial charge is 0.360 e. The second-order valence-electron chi connectivity index (χ2n) is 8.80. The number of nitrogens with zero attached hydrogens (tertiary/aromatic N) is 2. The lowest BCUT2D eigenvalue weighted by Crippen LogP contribution is -2.55. The highest BCUT2D eigenvalue weighted by Gasteiger charge is 2.37. The average Bonchev–Trinajstić information content (AvgIpc) is 3.19. The molecule has 2 fully saturated rings. The van der Waals surface area contributed by atoms with E-state index in [0.717, 1.165) is 31.1 Å². The minimum Gasteiger partial charge on any atom is -0.360 e. The minimum atomic E-state index is -4.54. The van der Waals surface area contributed by atoms with E-state index in [0.29, 0.717) is 10.9 Å². The van der Waals surface area contributed by atoms with E-state index in [1.54, 1.807) is 12.3 Å². The Kier molecular flexibility index (Phi) is 5.12. The van der Waals surface area contributed by atoms with Crippen LogP contribution in [0.3, 0.4) is 0 Å². The number of piperidine rings is 1. The van der Waals surface area contributed by atoms with E-state index in [4.69, 9.17) is 0 Å². The third-order valence-corrected chi connectivity index (χ3v) is 6.78. The predicted molar refractivity (Wildman–Crippen MR) is 115 cm³/mol. The van der Waals surface area contributed by atoms with Crippen molar-refractivity contribution in [3.8, 4) is 11.3 Å². The third kappa shape index (κ3) is 4.01. The number of aromatic amines is 1. The molecule has 2 aromatic heterocycles. The van der Waals surface area contributed by atoms with Gasteiger partial charge in [-0.3, -0.25) is 0 Å². The lowest BCUT2D eigenvalue weighted by atomic mass is 9.75. The molecule has 31 heavy (non-hydrogen) atoms. The van der Waals surface area contributed by atoms with Crippen molar-refractivity contribution < 1.29 is 13.2 Å². The van der Waals surface area contributed by atoms with Gasteiger partial charge in [-0.1, -0.05) is 37.5 Å². The van der Waals surface area contributed by atoms with Crippen LogP contribution in [-0.2, 0) is 6.18 Å². The summed E-state index contributed by atoms with van der Waals surface area (Å²) in [4.78, 5) is 11.4. The quantitative estimate of drug-likeness (QED) is 0.514. The van der Waals surface area contributed by atoms with Gasteiger partial charge in [-0.05, 0) is 31.7 Å². The first kappa shape index (κ1) is 20.3. The molecule has 1 spiro atoms. The monoisotopic (exact) mass is 429 g/mol. The number of hydrogen-bond acceptors (Lipinski definition) is 4. The van der Waals surface area contributed by atoms with Gasteiger partial charge >= 0.3 is 6.18 Å². The number of rotatable bonds is 3. The van der Waals surface area contributed by atoms with Gasteiger partial charge in [0.25, 0.3) is 0 Å². The zero-order valence-corrected chi connectivity index (χ0v) is 17.2. The Morgan fingerprint density at radius 2 is 1.87 bits per heavy atom. The SMILES string of the molecule is FC(F)(F)c1cnc(N[C@H]2CCC3(CCCCC3)NC2)nc1-c1c[nH]c2ccccc12. The number of hydrogen-bond donors (Lipinski definition) is 3. The molecule has 1 saturated carbocycles. The standard InChI is InChI=1S/C23H26F3N5/c24-23(25,26)18-14-28-21(30-15-8-11-22(29-12-15)9-4-1-5-10-22)31-20(18)17-13-27-19-7-3-2-6-16(17)19/h2-3,6-7,13-15,27,29H,1,4-5,8-12H2,(H,28,30,31)/t15-/m0/s1. The number of alkyl halides is 3. The van der Waals surface area contributed by atoms with Crippen molar-refractivity contribution in [3.63, 3.8) is 0 Å². The highest BCUT2D eigenvalue weighted by molar-refractivity contribution is 5.95. The molecule has 0 amide bonds. The molecular weight excluding hydrogens is 403 g/mol. The molecule has 1 aliphatic heterocycles. The Morgan fingerprint density at radius 1 is 1.06 bits per heavy atom. The molecular formula is C23H26F3N5. The molecule has 5 rings (SSSR count). The molecule has 2 aliphatic rings. The Balaban J connectivity index is 1.41. The van der Waals surface area contributed by atoms with E-state index >= 15 is 0 Å². The van der Waals surface area contributed by atoms with Crippen molar-refractivity contribution in [2.24, 2.45) is 0 Å². The first-order valence-electron chi connectivity index (χ1n) is 11.0. The van der Waals surface area contributed by atoms with Crippen LogP contribution in [0.15, 0.2) is 36.7 Å². The number of aromatic nitrogens is 3. The van der Waals surface area contributed by atoms with Crippen molar-refractivity contribution in [1.29, 1.82) is 0 Å². The molecule has 3 heterocycles. The first-order chi connectivity index (χ1) is 14.9. The van der Waals surface area contributed by atoms with Gasteiger partial charge in [0.1, 0.15) is 5.56 Å². The van der Waals surface area contributed by atoms with Crippen molar-refractivity contribution in [1.82, 2.24) is 20.3 Å². The van der Waals surface area contributed by atoms with Crippen LogP contribution in [-0.4, -0.2) is 33.1 Å². The summed E-state index contributed by atoms with van der Waals surface area (Å²) in [6.07, 6.45) is 6.23. The van der Waals surface area contributed by atoms with E-state index < -0.39 is 11.7 Å². The molecule has 5 nitrogen and oxygen atoms in total. The topological polar surface area (TPSA) is 65.6 Å². The number of H-pyrrole nitrogens is 1. The zero-order valence-electron chi connectivity index (χ0n) is 17.2. The van der Waals surface area contributed by atoms with Crippen LogP contribution in [0.5, 0.6) is 0 Å². The summed E-state index contributed by atoms with van der Waals surface area (Å²) < 4.78 is 41.1. The van der Waals surface area contributed by atoms with Gasteiger partial charge in [0.15, 0.2) is 0 Å². The van der Waals surface area contributed by atoms with Crippen LogP contribution in [0.2, 0.25) is 0 Å². The maximum absolute atomic E-state index is 13.7. The van der Waals surface area contributed by atoms with Gasteiger partial charge in [0.05, 0.1) is 5.69 Å². The fourth-order valence-electron chi connectivity index (χ4n) is 5.07. The van der Waals surface area contributed by atoms with Gasteiger partial charge < -0.3 is 15.6 Å². The van der Waals surface area contributed by atoms with Gasteiger partial charge in [-0.2, -0.15) is 13.2 Å². The van der Waals surface area contributed by atoms with Crippen LogP contribution >= 0.6 is 0 Å². The number of para-hydroxylation sites is 1. The van der Waals surface area contributed by atoms with E-state index in [-0.39, 0.29) is 23.2 Å². The molecule has 1 aliphatic carbocycles. The van der Waals surface area contributed by atoms with Gasteiger partial charge in [0, 0.05) is 47.0 Å².